The van der Waals surface area contributed by atoms with Crippen LogP contribution in [-0.2, 0) is 0 Å². The molecule has 0 aliphatic carbocycles. The average molecular weight is 315 g/mol. The van der Waals surface area contributed by atoms with Gasteiger partial charge in [-0.3, -0.25) is 0 Å². The fourth-order valence-corrected chi connectivity index (χ4v) is 2.21. The van der Waals surface area contributed by atoms with E-state index in [1.54, 1.807) is 18.2 Å². The predicted molar refractivity (Wildman–Crippen MR) is 97.0 cm³/mol. The van der Waals surface area contributed by atoms with Crippen LogP contribution >= 0.6 is 0 Å². The van der Waals surface area contributed by atoms with E-state index in [1.807, 2.05) is 30.3 Å². The van der Waals surface area contributed by atoms with Gasteiger partial charge in [0.25, 0.3) is 0 Å². The van der Waals surface area contributed by atoms with Gasteiger partial charge in [-0.2, -0.15) is 15.2 Å². The quantitative estimate of drug-likeness (QED) is 0.440. The first kappa shape index (κ1) is 16.5. The Kier molecular flexibility index (Phi) is 5.28. The Morgan fingerprint density at radius 1 is 0.957 bits per heavy atom. The van der Waals surface area contributed by atoms with Gasteiger partial charge in [0.2, 0.25) is 0 Å². The van der Waals surface area contributed by atoms with Crippen molar-refractivity contribution in [2.24, 2.45) is 9.98 Å². The minimum Gasteiger partial charge on any atom is -0.192 e. The summed E-state index contributed by atoms with van der Waals surface area (Å²) >= 11 is 0. The number of nitrogens with zero attached hydrogens (tertiary/aromatic N) is 3. The number of rotatable bonds is 2. The third-order valence-corrected chi connectivity index (χ3v) is 3.68. The Morgan fingerprint density at radius 3 is 2.35 bits per heavy atom. The van der Waals surface area contributed by atoms with Crippen molar-refractivity contribution in [2.45, 2.75) is 19.6 Å². The van der Waals surface area contributed by atoms with E-state index in [0.29, 0.717) is 11.3 Å². The first-order valence-electron chi connectivity index (χ1n) is 7.27. The number of aliphatic imine (C=N–C) groups is 2. The highest BCUT2D eigenvalue weighted by atomic mass is 28.3. The second kappa shape index (κ2) is 7.38. The third kappa shape index (κ3) is 5.41. The number of hydrogen-bond donors (Lipinski definition) is 0. The molecule has 3 nitrogen and oxygen atoms in total. The summed E-state index contributed by atoms with van der Waals surface area (Å²) in [6.07, 6.45) is 0. The summed E-state index contributed by atoms with van der Waals surface area (Å²) in [6, 6.07) is 19.6. The molecule has 0 aliphatic rings. The highest BCUT2D eigenvalue weighted by Crippen LogP contribution is 2.20. The summed E-state index contributed by atoms with van der Waals surface area (Å²) in [5.74, 6) is 3.16. The van der Waals surface area contributed by atoms with E-state index in [2.05, 4.69) is 53.2 Å². The zero-order chi connectivity index (χ0) is 16.7. The van der Waals surface area contributed by atoms with Gasteiger partial charge in [-0.1, -0.05) is 43.8 Å². The second-order valence-corrected chi connectivity index (χ2v) is 10.8. The van der Waals surface area contributed by atoms with Gasteiger partial charge in [0.05, 0.1) is 28.6 Å². The molecule has 0 atom stereocenters. The predicted octanol–water partition coefficient (Wildman–Crippen LogP) is 4.92. The number of para-hydroxylation sites is 1. The molecule has 0 aliphatic heterocycles. The lowest BCUT2D eigenvalue weighted by atomic mass is 10.1. The zero-order valence-corrected chi connectivity index (χ0v) is 14.5. The molecule has 0 bridgehead atoms. The molecule has 0 fully saturated rings. The van der Waals surface area contributed by atoms with Crippen LogP contribution in [0.3, 0.4) is 0 Å². The Labute approximate surface area is 138 Å². The maximum atomic E-state index is 9.05. The summed E-state index contributed by atoms with van der Waals surface area (Å²) in [4.78, 5) is 8.44. The summed E-state index contributed by atoms with van der Waals surface area (Å²) < 4.78 is 0. The van der Waals surface area contributed by atoms with Crippen LogP contribution in [0.25, 0.3) is 0 Å². The van der Waals surface area contributed by atoms with Crippen molar-refractivity contribution in [3.63, 3.8) is 0 Å². The molecule has 0 N–H and O–H groups in total. The topological polar surface area (TPSA) is 48.5 Å². The van der Waals surface area contributed by atoms with Crippen molar-refractivity contribution in [3.8, 4) is 17.5 Å². The SMILES string of the molecule is C[Si](C)(C)C#Cc1cc(C#N)ccc1N=C=Nc1ccccc1. The summed E-state index contributed by atoms with van der Waals surface area (Å²) in [5, 5.41) is 9.05. The first-order chi connectivity index (χ1) is 11.0. The molecule has 0 saturated heterocycles. The van der Waals surface area contributed by atoms with Crippen LogP contribution in [0, 0.1) is 22.8 Å². The van der Waals surface area contributed by atoms with Gasteiger partial charge < -0.3 is 0 Å². The van der Waals surface area contributed by atoms with Gasteiger partial charge in [-0.05, 0) is 30.3 Å². The van der Waals surface area contributed by atoms with Crippen molar-refractivity contribution in [1.29, 1.82) is 5.26 Å². The molecular weight excluding hydrogens is 298 g/mol. The molecule has 0 aromatic heterocycles. The number of nitriles is 1. The van der Waals surface area contributed by atoms with Gasteiger partial charge in [0, 0.05) is 0 Å². The molecule has 2 aromatic carbocycles. The largest absolute Gasteiger partial charge is 0.192 e. The highest BCUT2D eigenvalue weighted by molar-refractivity contribution is 6.83. The Balaban J connectivity index is 2.40. The van der Waals surface area contributed by atoms with Crippen LogP contribution in [0.1, 0.15) is 11.1 Å². The molecule has 0 amide bonds. The molecule has 2 aromatic rings. The molecule has 0 unspecified atom stereocenters. The van der Waals surface area contributed by atoms with Crippen LogP contribution in [0.4, 0.5) is 11.4 Å². The van der Waals surface area contributed by atoms with Gasteiger partial charge in [-0.15, -0.1) is 5.54 Å². The van der Waals surface area contributed by atoms with Crippen LogP contribution in [-0.4, -0.2) is 14.1 Å². The van der Waals surface area contributed by atoms with Gasteiger partial charge in [0.1, 0.15) is 14.1 Å². The maximum absolute atomic E-state index is 9.05. The second-order valence-electron chi connectivity index (χ2n) is 6.00. The lowest BCUT2D eigenvalue weighted by Crippen LogP contribution is -2.16. The summed E-state index contributed by atoms with van der Waals surface area (Å²) in [5.41, 5.74) is 6.08. The van der Waals surface area contributed by atoms with Crippen molar-refractivity contribution < 1.29 is 0 Å². The van der Waals surface area contributed by atoms with Gasteiger partial charge in [-0.25, -0.2) is 0 Å². The molecule has 0 heterocycles. The van der Waals surface area contributed by atoms with E-state index in [1.165, 1.54) is 0 Å². The molecular formula is C19H17N3Si. The van der Waals surface area contributed by atoms with E-state index in [0.717, 1.165) is 11.3 Å². The molecule has 23 heavy (non-hydrogen) atoms. The summed E-state index contributed by atoms with van der Waals surface area (Å²) in [7, 11) is -1.50. The van der Waals surface area contributed by atoms with Crippen LogP contribution in [0.15, 0.2) is 58.5 Å². The van der Waals surface area contributed by atoms with Gasteiger partial charge >= 0.3 is 0 Å². The smallest absolute Gasteiger partial charge is 0.129 e. The van der Waals surface area contributed by atoms with Crippen LogP contribution in [0.5, 0.6) is 0 Å². The molecule has 0 spiro atoms. The Morgan fingerprint density at radius 2 is 1.70 bits per heavy atom. The number of hydrogen-bond acceptors (Lipinski definition) is 3. The van der Waals surface area contributed by atoms with Crippen molar-refractivity contribution in [2.75, 3.05) is 0 Å². The van der Waals surface area contributed by atoms with Crippen molar-refractivity contribution in [1.82, 2.24) is 0 Å². The van der Waals surface area contributed by atoms with Crippen LogP contribution < -0.4 is 0 Å². The lowest BCUT2D eigenvalue weighted by Gasteiger charge is -2.04. The molecule has 112 valence electrons. The first-order valence-corrected chi connectivity index (χ1v) is 10.8. The van der Waals surface area contributed by atoms with Crippen molar-refractivity contribution >= 4 is 25.5 Å². The van der Waals surface area contributed by atoms with Crippen LogP contribution in [0.2, 0.25) is 19.6 Å². The maximum Gasteiger partial charge on any atom is 0.129 e. The monoisotopic (exact) mass is 315 g/mol. The van der Waals surface area contributed by atoms with Gasteiger partial charge in [0.15, 0.2) is 0 Å². The van der Waals surface area contributed by atoms with E-state index in [4.69, 9.17) is 5.26 Å². The number of benzene rings is 2. The Hall–Kier alpha value is -2.91. The molecule has 4 heteroatoms. The fraction of sp³-hybridized carbons (Fsp3) is 0.158. The highest BCUT2D eigenvalue weighted by Gasteiger charge is 2.08. The minimum atomic E-state index is -1.50. The zero-order valence-electron chi connectivity index (χ0n) is 13.5. The lowest BCUT2D eigenvalue weighted by molar-refractivity contribution is 1.44. The Bertz CT molecular complexity index is 853. The molecule has 0 saturated carbocycles. The van der Waals surface area contributed by atoms with E-state index in [9.17, 15) is 0 Å². The minimum absolute atomic E-state index is 0.573. The molecule has 2 rings (SSSR count). The molecule has 0 radical (unpaired) electrons. The van der Waals surface area contributed by atoms with E-state index in [-0.39, 0.29) is 0 Å². The average Bonchev–Trinajstić information content (AvgIpc) is 2.54. The van der Waals surface area contributed by atoms with E-state index < -0.39 is 8.07 Å². The standard InChI is InChI=1S/C19H17N3Si/c1-23(2,3)12-11-17-13-16(14-20)9-10-19(17)22-15-21-18-7-5-4-6-8-18/h4-10,13H,1-3H3. The normalized spacial score (nSPS) is 9.83. The van der Waals surface area contributed by atoms with E-state index >= 15 is 0 Å². The third-order valence-electron chi connectivity index (χ3n) is 2.80. The fourth-order valence-electron chi connectivity index (χ4n) is 1.70. The summed E-state index contributed by atoms with van der Waals surface area (Å²) in [6.45, 7) is 6.52. The van der Waals surface area contributed by atoms with Crippen molar-refractivity contribution in [3.05, 3.63) is 59.7 Å².